The van der Waals surface area contributed by atoms with Crippen LogP contribution in [0.3, 0.4) is 0 Å². The molecule has 0 unspecified atom stereocenters. The molecule has 0 radical (unpaired) electrons. The molecule has 2 aromatic carbocycles. The second-order valence-corrected chi connectivity index (χ2v) is 6.28. The first kappa shape index (κ1) is 17.5. The third-order valence-electron chi connectivity index (χ3n) is 4.11. The maximum Gasteiger partial charge on any atom is 0.492 e. The van der Waals surface area contributed by atoms with Crippen LogP contribution in [0.1, 0.15) is 35.3 Å². The summed E-state index contributed by atoms with van der Waals surface area (Å²) < 4.78 is 44.5. The Labute approximate surface area is 142 Å². The van der Waals surface area contributed by atoms with Gasteiger partial charge in [0.05, 0.1) is 16.7 Å². The summed E-state index contributed by atoms with van der Waals surface area (Å²) in [4.78, 5) is 12.3. The summed E-state index contributed by atoms with van der Waals surface area (Å²) in [7, 11) is -1.15. The molecule has 1 amide bonds. The Balaban J connectivity index is 1.90. The summed E-state index contributed by atoms with van der Waals surface area (Å²) in [6.45, 7) is 3.58. The summed E-state index contributed by atoms with van der Waals surface area (Å²) in [5, 5.41) is 12.4. The van der Waals surface area contributed by atoms with E-state index >= 15 is 0 Å². The number of alkyl halides is 3. The number of carbonyl (C=O) groups is 1. The number of hydrogen-bond donors (Lipinski definition) is 2. The second kappa shape index (κ2) is 5.89. The van der Waals surface area contributed by atoms with Gasteiger partial charge in [-0.05, 0) is 49.1 Å². The van der Waals surface area contributed by atoms with Gasteiger partial charge < -0.3 is 15.0 Å². The molecule has 0 fully saturated rings. The highest BCUT2D eigenvalue weighted by Gasteiger charge is 2.40. The third kappa shape index (κ3) is 3.27. The Hall–Kier alpha value is -2.32. The fourth-order valence-corrected chi connectivity index (χ4v) is 2.93. The van der Waals surface area contributed by atoms with Crippen molar-refractivity contribution in [2.24, 2.45) is 0 Å². The molecule has 0 spiro atoms. The van der Waals surface area contributed by atoms with Crippen LogP contribution in [-0.2, 0) is 16.4 Å². The van der Waals surface area contributed by atoms with Crippen LogP contribution < -0.4 is 10.8 Å². The zero-order valence-corrected chi connectivity index (χ0v) is 13.5. The summed E-state index contributed by atoms with van der Waals surface area (Å²) >= 11 is 0. The van der Waals surface area contributed by atoms with Crippen molar-refractivity contribution < 1.29 is 27.6 Å². The van der Waals surface area contributed by atoms with Crippen LogP contribution in [0.15, 0.2) is 42.5 Å². The van der Waals surface area contributed by atoms with E-state index in [1.54, 1.807) is 26.0 Å². The Kier molecular flexibility index (Phi) is 4.13. The molecule has 3 rings (SSSR count). The zero-order valence-electron chi connectivity index (χ0n) is 13.5. The number of fused-ring (bicyclic) bond motifs is 1. The van der Waals surface area contributed by atoms with E-state index in [9.17, 15) is 23.0 Å². The number of amides is 1. The molecule has 4 nitrogen and oxygen atoms in total. The van der Waals surface area contributed by atoms with Gasteiger partial charge in [-0.15, -0.1) is 0 Å². The van der Waals surface area contributed by atoms with Gasteiger partial charge in [-0.1, -0.05) is 18.2 Å². The largest absolute Gasteiger partial charge is 0.492 e. The molecule has 0 bridgehead atoms. The lowest BCUT2D eigenvalue weighted by molar-refractivity contribution is -0.137. The number of nitrogens with one attached hydrogen (secondary N) is 1. The van der Waals surface area contributed by atoms with E-state index in [1.807, 2.05) is 0 Å². The number of benzene rings is 2. The van der Waals surface area contributed by atoms with Crippen molar-refractivity contribution in [2.75, 3.05) is 5.32 Å². The lowest BCUT2D eigenvalue weighted by atomic mass is 9.78. The molecule has 8 heteroatoms. The lowest BCUT2D eigenvalue weighted by Gasteiger charge is -2.19. The second-order valence-electron chi connectivity index (χ2n) is 6.28. The number of anilines is 1. The van der Waals surface area contributed by atoms with Crippen molar-refractivity contribution in [3.05, 3.63) is 59.2 Å². The molecule has 0 saturated heterocycles. The van der Waals surface area contributed by atoms with Crippen LogP contribution in [-0.4, -0.2) is 18.0 Å². The van der Waals surface area contributed by atoms with Crippen LogP contribution >= 0.6 is 0 Å². The molecule has 1 aliphatic heterocycles. The monoisotopic (exact) mass is 349 g/mol. The van der Waals surface area contributed by atoms with E-state index in [0.717, 1.165) is 17.7 Å². The van der Waals surface area contributed by atoms with Crippen molar-refractivity contribution >= 4 is 24.2 Å². The number of hydrogen-bond acceptors (Lipinski definition) is 3. The first-order valence-corrected chi connectivity index (χ1v) is 7.57. The Bertz CT molecular complexity index is 836. The summed E-state index contributed by atoms with van der Waals surface area (Å²) in [5.74, 6) is -0.874. The van der Waals surface area contributed by atoms with E-state index in [0.29, 0.717) is 5.46 Å². The van der Waals surface area contributed by atoms with Crippen LogP contribution in [0.25, 0.3) is 0 Å². The number of carbonyl (C=O) groups excluding carboxylic acids is 1. The highest BCUT2D eigenvalue weighted by molar-refractivity contribution is 6.62. The minimum Gasteiger partial charge on any atom is -0.423 e. The van der Waals surface area contributed by atoms with Crippen LogP contribution in [0.5, 0.6) is 0 Å². The van der Waals surface area contributed by atoms with E-state index in [4.69, 9.17) is 4.65 Å². The van der Waals surface area contributed by atoms with Crippen molar-refractivity contribution in [3.63, 3.8) is 0 Å². The van der Waals surface area contributed by atoms with E-state index in [2.05, 4.69) is 5.32 Å². The normalized spacial score (nSPS) is 15.8. The van der Waals surface area contributed by atoms with Gasteiger partial charge in [0.25, 0.3) is 5.91 Å². The minimum atomic E-state index is -4.63. The Morgan fingerprint density at radius 1 is 1.20 bits per heavy atom. The highest BCUT2D eigenvalue weighted by Crippen LogP contribution is 2.33. The standard InChI is InChI=1S/C17H15BF3NO3/c1-16(2)13-8-7-10(9-14(13)18(24)25-16)22-15(23)11-5-3-4-6-12(11)17(19,20)21/h3-9,24H,1-2H3,(H,22,23). The van der Waals surface area contributed by atoms with Crippen LogP contribution in [0, 0.1) is 0 Å². The fraction of sp³-hybridized carbons (Fsp3) is 0.235. The minimum absolute atomic E-state index is 0.279. The van der Waals surface area contributed by atoms with Gasteiger partial charge in [0, 0.05) is 5.69 Å². The first-order valence-electron chi connectivity index (χ1n) is 7.57. The zero-order chi connectivity index (χ0) is 18.4. The summed E-state index contributed by atoms with van der Waals surface area (Å²) in [5.41, 5.74) is -0.632. The molecule has 0 atom stereocenters. The van der Waals surface area contributed by atoms with E-state index in [-0.39, 0.29) is 5.69 Å². The highest BCUT2D eigenvalue weighted by atomic mass is 19.4. The molecule has 130 valence electrons. The Morgan fingerprint density at radius 2 is 1.88 bits per heavy atom. The van der Waals surface area contributed by atoms with Gasteiger partial charge in [0.2, 0.25) is 0 Å². The Morgan fingerprint density at radius 3 is 2.56 bits per heavy atom. The van der Waals surface area contributed by atoms with Crippen molar-refractivity contribution in [3.8, 4) is 0 Å². The van der Waals surface area contributed by atoms with Crippen molar-refractivity contribution in [1.29, 1.82) is 0 Å². The molecule has 2 N–H and O–H groups in total. The maximum absolute atomic E-state index is 13.0. The quantitative estimate of drug-likeness (QED) is 0.820. The molecule has 0 aromatic heterocycles. The average Bonchev–Trinajstić information content (AvgIpc) is 2.75. The molecular formula is C17H15BF3NO3. The SMILES string of the molecule is CC1(C)OB(O)c2cc(NC(=O)c3ccccc3C(F)(F)F)ccc21. The van der Waals surface area contributed by atoms with Gasteiger partial charge in [-0.3, -0.25) is 4.79 Å². The van der Waals surface area contributed by atoms with Gasteiger partial charge in [0.15, 0.2) is 0 Å². The first-order chi connectivity index (χ1) is 11.6. The molecule has 1 heterocycles. The molecular weight excluding hydrogens is 334 g/mol. The van der Waals surface area contributed by atoms with Crippen molar-refractivity contribution in [1.82, 2.24) is 0 Å². The van der Waals surface area contributed by atoms with Gasteiger partial charge >= 0.3 is 13.3 Å². The lowest BCUT2D eigenvalue weighted by Crippen LogP contribution is -2.29. The van der Waals surface area contributed by atoms with Crippen LogP contribution in [0.4, 0.5) is 18.9 Å². The topological polar surface area (TPSA) is 58.6 Å². The van der Waals surface area contributed by atoms with Gasteiger partial charge in [0.1, 0.15) is 0 Å². The third-order valence-corrected chi connectivity index (χ3v) is 4.11. The number of halogens is 3. The average molecular weight is 349 g/mol. The van der Waals surface area contributed by atoms with Gasteiger partial charge in [-0.2, -0.15) is 13.2 Å². The summed E-state index contributed by atoms with van der Waals surface area (Å²) in [6, 6.07) is 9.32. The number of rotatable bonds is 2. The molecule has 2 aromatic rings. The van der Waals surface area contributed by atoms with Gasteiger partial charge in [-0.25, -0.2) is 0 Å². The van der Waals surface area contributed by atoms with Crippen molar-refractivity contribution in [2.45, 2.75) is 25.6 Å². The summed E-state index contributed by atoms with van der Waals surface area (Å²) in [6.07, 6.45) is -4.63. The molecule has 1 aliphatic rings. The smallest absolute Gasteiger partial charge is 0.423 e. The fourth-order valence-electron chi connectivity index (χ4n) is 2.93. The predicted octanol–water partition coefficient (Wildman–Crippen LogP) is 2.91. The van der Waals surface area contributed by atoms with Crippen LogP contribution in [0.2, 0.25) is 0 Å². The molecule has 0 aliphatic carbocycles. The molecule has 25 heavy (non-hydrogen) atoms. The van der Waals surface area contributed by atoms with E-state index < -0.39 is 35.9 Å². The molecule has 0 saturated carbocycles. The van der Waals surface area contributed by atoms with E-state index in [1.165, 1.54) is 18.2 Å². The maximum atomic E-state index is 13.0. The predicted molar refractivity (Wildman–Crippen MR) is 87.6 cm³/mol.